The van der Waals surface area contributed by atoms with E-state index < -0.39 is 0 Å². The van der Waals surface area contributed by atoms with Crippen molar-refractivity contribution in [2.45, 2.75) is 20.8 Å². The number of hydrogen-bond donors (Lipinski definition) is 2. The molecule has 0 atom stereocenters. The number of nitrogens with one attached hydrogen (secondary N) is 2. The van der Waals surface area contributed by atoms with Crippen molar-refractivity contribution in [1.82, 2.24) is 14.9 Å². The molecule has 0 bridgehead atoms. The summed E-state index contributed by atoms with van der Waals surface area (Å²) >= 11 is 0. The molecule has 0 aliphatic carbocycles. The zero-order valence-electron chi connectivity index (χ0n) is 13.3. The van der Waals surface area contributed by atoms with Crippen LogP contribution in [0.1, 0.15) is 20.8 Å². The average molecular weight is 302 g/mol. The van der Waals surface area contributed by atoms with Crippen molar-refractivity contribution in [1.29, 1.82) is 0 Å². The van der Waals surface area contributed by atoms with Gasteiger partial charge in [0.25, 0.3) is 0 Å². The van der Waals surface area contributed by atoms with Crippen LogP contribution < -0.4 is 10.6 Å². The number of nitrogens with zero attached hydrogens (tertiary/aromatic N) is 2. The molecule has 6 nitrogen and oxygen atoms in total. The summed E-state index contributed by atoms with van der Waals surface area (Å²) in [5.41, 5.74) is 2.19. The number of aromatic amines is 2. The minimum atomic E-state index is -0.328. The van der Waals surface area contributed by atoms with Gasteiger partial charge >= 0.3 is 5.69 Å². The maximum Gasteiger partial charge on any atom is 0.323 e. The quantitative estimate of drug-likeness (QED) is 0.839. The van der Waals surface area contributed by atoms with Crippen molar-refractivity contribution in [3.05, 3.63) is 28.7 Å². The van der Waals surface area contributed by atoms with Gasteiger partial charge < -0.3 is 19.8 Å². The van der Waals surface area contributed by atoms with Crippen LogP contribution in [0.4, 0.5) is 5.69 Å². The first kappa shape index (κ1) is 14.7. The van der Waals surface area contributed by atoms with Gasteiger partial charge in [0.2, 0.25) is 5.91 Å². The van der Waals surface area contributed by atoms with E-state index in [1.54, 1.807) is 0 Å². The minimum absolute atomic E-state index is 0.187. The largest absolute Gasteiger partial charge is 0.368 e. The molecule has 2 aromatic rings. The fraction of sp³-hybridized carbons (Fsp3) is 0.500. The first-order valence-electron chi connectivity index (χ1n) is 7.61. The van der Waals surface area contributed by atoms with Crippen molar-refractivity contribution < 1.29 is 4.79 Å². The number of aromatic nitrogens is 2. The molecule has 0 radical (unpaired) electrons. The number of benzene rings is 1. The van der Waals surface area contributed by atoms with Crippen LogP contribution in [0.3, 0.4) is 0 Å². The number of piperazine rings is 1. The molecule has 1 fully saturated rings. The number of imidazole rings is 1. The first-order valence-corrected chi connectivity index (χ1v) is 7.61. The summed E-state index contributed by atoms with van der Waals surface area (Å²) in [5.74, 6) is 0.206. The Bertz CT molecular complexity index is 745. The molecule has 118 valence electrons. The number of hydrogen-bond acceptors (Lipinski definition) is 3. The highest BCUT2D eigenvalue weighted by molar-refractivity contribution is 5.82. The van der Waals surface area contributed by atoms with E-state index in [0.717, 1.165) is 42.9 Å². The zero-order chi connectivity index (χ0) is 15.9. The number of anilines is 1. The lowest BCUT2D eigenvalue weighted by atomic mass is 9.94. The van der Waals surface area contributed by atoms with E-state index >= 15 is 0 Å². The lowest BCUT2D eigenvalue weighted by molar-refractivity contribution is -0.139. The third-order valence-corrected chi connectivity index (χ3v) is 4.07. The number of rotatable bonds is 1. The molecule has 1 aromatic heterocycles. The predicted molar refractivity (Wildman–Crippen MR) is 87.2 cm³/mol. The third-order valence-electron chi connectivity index (χ3n) is 4.07. The van der Waals surface area contributed by atoms with Crippen molar-refractivity contribution in [3.8, 4) is 0 Å². The molecule has 1 amide bonds. The molecule has 0 spiro atoms. The molecule has 0 unspecified atom stereocenters. The van der Waals surface area contributed by atoms with Gasteiger partial charge in [0.1, 0.15) is 0 Å². The van der Waals surface area contributed by atoms with Crippen LogP contribution in [-0.4, -0.2) is 47.0 Å². The van der Waals surface area contributed by atoms with E-state index in [0.29, 0.717) is 0 Å². The van der Waals surface area contributed by atoms with Gasteiger partial charge in [-0.1, -0.05) is 20.8 Å². The molecule has 1 aromatic carbocycles. The summed E-state index contributed by atoms with van der Waals surface area (Å²) in [6.45, 7) is 8.95. The highest BCUT2D eigenvalue weighted by Crippen LogP contribution is 2.23. The van der Waals surface area contributed by atoms with Crippen LogP contribution in [0.2, 0.25) is 0 Å². The Morgan fingerprint density at radius 1 is 1.05 bits per heavy atom. The second-order valence-corrected chi connectivity index (χ2v) is 6.84. The number of fused-ring (bicyclic) bond motifs is 1. The second-order valence-electron chi connectivity index (χ2n) is 6.84. The normalized spacial score (nSPS) is 16.3. The monoisotopic (exact) mass is 302 g/mol. The van der Waals surface area contributed by atoms with Gasteiger partial charge in [0, 0.05) is 37.3 Å². The van der Waals surface area contributed by atoms with Crippen molar-refractivity contribution in [2.24, 2.45) is 5.41 Å². The molecule has 1 aliphatic heterocycles. The summed E-state index contributed by atoms with van der Waals surface area (Å²) in [5, 5.41) is 0. The fourth-order valence-electron chi connectivity index (χ4n) is 2.86. The Labute approximate surface area is 129 Å². The Kier molecular flexibility index (Phi) is 3.47. The SMILES string of the molecule is CC(C)(C)C(=O)N1CCN(c2ccc3[nH]c(=O)[nH]c3c2)CC1. The summed E-state index contributed by atoms with van der Waals surface area (Å²) in [6, 6.07) is 5.90. The summed E-state index contributed by atoms with van der Waals surface area (Å²) in [4.78, 5) is 33.3. The first-order chi connectivity index (χ1) is 10.3. The minimum Gasteiger partial charge on any atom is -0.368 e. The number of amides is 1. The van der Waals surface area contributed by atoms with Crippen LogP contribution >= 0.6 is 0 Å². The molecule has 2 N–H and O–H groups in total. The second kappa shape index (κ2) is 5.19. The lowest BCUT2D eigenvalue weighted by Crippen LogP contribution is -2.51. The van der Waals surface area contributed by atoms with E-state index in [2.05, 4.69) is 14.9 Å². The van der Waals surface area contributed by atoms with Crippen molar-refractivity contribution in [3.63, 3.8) is 0 Å². The number of carbonyl (C=O) groups is 1. The standard InChI is InChI=1S/C16H22N4O2/c1-16(2,3)14(21)20-8-6-19(7-9-20)11-4-5-12-13(10-11)18-15(22)17-12/h4-5,10H,6-9H2,1-3H3,(H2,17,18,22). The van der Waals surface area contributed by atoms with Crippen LogP contribution in [0.25, 0.3) is 11.0 Å². The molecule has 0 saturated carbocycles. The maximum absolute atomic E-state index is 12.3. The Morgan fingerprint density at radius 3 is 2.32 bits per heavy atom. The predicted octanol–water partition coefficient (Wildman–Crippen LogP) is 1.55. The molecular formula is C16H22N4O2. The van der Waals surface area contributed by atoms with E-state index in [4.69, 9.17) is 0 Å². The van der Waals surface area contributed by atoms with E-state index in [1.807, 2.05) is 43.9 Å². The summed E-state index contributed by atoms with van der Waals surface area (Å²) < 4.78 is 0. The Balaban J connectivity index is 1.72. The number of H-pyrrole nitrogens is 2. The van der Waals surface area contributed by atoms with Gasteiger partial charge in [-0.3, -0.25) is 4.79 Å². The zero-order valence-corrected chi connectivity index (χ0v) is 13.3. The lowest BCUT2D eigenvalue weighted by Gasteiger charge is -2.38. The molecule has 3 rings (SSSR count). The van der Waals surface area contributed by atoms with Gasteiger partial charge in [-0.2, -0.15) is 0 Å². The smallest absolute Gasteiger partial charge is 0.323 e. The Hall–Kier alpha value is -2.24. The summed E-state index contributed by atoms with van der Waals surface area (Å²) in [6.07, 6.45) is 0. The van der Waals surface area contributed by atoms with Gasteiger partial charge in [-0.25, -0.2) is 4.79 Å². The average Bonchev–Trinajstić information content (AvgIpc) is 2.84. The topological polar surface area (TPSA) is 72.2 Å². The van der Waals surface area contributed by atoms with Gasteiger partial charge in [0.05, 0.1) is 11.0 Å². The van der Waals surface area contributed by atoms with Gasteiger partial charge in [-0.15, -0.1) is 0 Å². The number of carbonyl (C=O) groups excluding carboxylic acids is 1. The summed E-state index contributed by atoms with van der Waals surface area (Å²) in [7, 11) is 0. The van der Waals surface area contributed by atoms with E-state index in [1.165, 1.54) is 0 Å². The molecule has 2 heterocycles. The van der Waals surface area contributed by atoms with Gasteiger partial charge in [-0.05, 0) is 18.2 Å². The highest BCUT2D eigenvalue weighted by atomic mass is 16.2. The van der Waals surface area contributed by atoms with Crippen LogP contribution in [0.15, 0.2) is 23.0 Å². The van der Waals surface area contributed by atoms with Crippen LogP contribution in [0, 0.1) is 5.41 Å². The van der Waals surface area contributed by atoms with Crippen molar-refractivity contribution >= 4 is 22.6 Å². The molecule has 1 saturated heterocycles. The molecule has 1 aliphatic rings. The van der Waals surface area contributed by atoms with Crippen LogP contribution in [-0.2, 0) is 4.79 Å². The van der Waals surface area contributed by atoms with Crippen LogP contribution in [0.5, 0.6) is 0 Å². The molecule has 22 heavy (non-hydrogen) atoms. The fourth-order valence-corrected chi connectivity index (χ4v) is 2.86. The Morgan fingerprint density at radius 2 is 1.68 bits per heavy atom. The van der Waals surface area contributed by atoms with Crippen molar-refractivity contribution in [2.75, 3.05) is 31.1 Å². The third kappa shape index (κ3) is 2.73. The van der Waals surface area contributed by atoms with Gasteiger partial charge in [0.15, 0.2) is 0 Å². The van der Waals surface area contributed by atoms with E-state index in [9.17, 15) is 9.59 Å². The molecule has 6 heteroatoms. The molecular weight excluding hydrogens is 280 g/mol. The highest BCUT2D eigenvalue weighted by Gasteiger charge is 2.29. The maximum atomic E-state index is 12.3. The van der Waals surface area contributed by atoms with E-state index in [-0.39, 0.29) is 17.0 Å².